The highest BCUT2D eigenvalue weighted by molar-refractivity contribution is 5.94. The molecule has 1 amide bonds. The van der Waals surface area contributed by atoms with Crippen molar-refractivity contribution in [2.24, 2.45) is 0 Å². The van der Waals surface area contributed by atoms with Gasteiger partial charge in [-0.05, 0) is 64.1 Å². The standard InChI is InChI=1S/C22H25N3O4/c1-14-12-17(27-5)10-11-18(14)20-21(25-29-24-20)23-19(26)13-28-16-8-6-15(7-9-16)22(2,3)4/h6-12H,13H2,1-5H3,(H,23,25,26). The van der Waals surface area contributed by atoms with Crippen molar-refractivity contribution < 1.29 is 18.9 Å². The SMILES string of the molecule is COc1ccc(-c2nonc2NC(=O)COc2ccc(C(C)(C)C)cc2)c(C)c1. The number of methoxy groups -OCH3 is 1. The monoisotopic (exact) mass is 395 g/mol. The minimum Gasteiger partial charge on any atom is -0.497 e. The Kier molecular flexibility index (Phi) is 5.87. The molecule has 1 heterocycles. The van der Waals surface area contributed by atoms with Gasteiger partial charge in [0.25, 0.3) is 5.91 Å². The van der Waals surface area contributed by atoms with Crippen LogP contribution in [0.3, 0.4) is 0 Å². The van der Waals surface area contributed by atoms with Crippen LogP contribution in [0.15, 0.2) is 47.1 Å². The summed E-state index contributed by atoms with van der Waals surface area (Å²) in [6, 6.07) is 13.2. The van der Waals surface area contributed by atoms with Crippen LogP contribution in [0.25, 0.3) is 11.3 Å². The van der Waals surface area contributed by atoms with E-state index in [4.69, 9.17) is 14.1 Å². The molecule has 2 aromatic carbocycles. The van der Waals surface area contributed by atoms with Crippen molar-refractivity contribution in [1.82, 2.24) is 10.3 Å². The summed E-state index contributed by atoms with van der Waals surface area (Å²) in [7, 11) is 1.61. The van der Waals surface area contributed by atoms with E-state index in [1.54, 1.807) is 7.11 Å². The minimum absolute atomic E-state index is 0.0614. The first-order valence-electron chi connectivity index (χ1n) is 9.28. The molecule has 0 unspecified atom stereocenters. The Bertz CT molecular complexity index is 988. The Balaban J connectivity index is 1.64. The lowest BCUT2D eigenvalue weighted by Crippen LogP contribution is -2.21. The van der Waals surface area contributed by atoms with Crippen molar-refractivity contribution >= 4 is 11.7 Å². The van der Waals surface area contributed by atoms with Gasteiger partial charge in [-0.3, -0.25) is 4.79 Å². The summed E-state index contributed by atoms with van der Waals surface area (Å²) in [5.74, 6) is 1.25. The zero-order chi connectivity index (χ0) is 21.0. The van der Waals surface area contributed by atoms with Gasteiger partial charge in [0.05, 0.1) is 7.11 Å². The zero-order valence-corrected chi connectivity index (χ0v) is 17.3. The summed E-state index contributed by atoms with van der Waals surface area (Å²) in [4.78, 5) is 12.3. The minimum atomic E-state index is -0.354. The summed E-state index contributed by atoms with van der Waals surface area (Å²) in [5, 5.41) is 10.4. The molecule has 0 saturated carbocycles. The molecule has 0 fully saturated rings. The van der Waals surface area contributed by atoms with Gasteiger partial charge in [-0.25, -0.2) is 4.63 Å². The number of ether oxygens (including phenoxy) is 2. The number of rotatable bonds is 6. The molecule has 0 radical (unpaired) electrons. The van der Waals surface area contributed by atoms with Crippen LogP contribution in [0.4, 0.5) is 5.82 Å². The van der Waals surface area contributed by atoms with Crippen LogP contribution in [0.1, 0.15) is 31.9 Å². The topological polar surface area (TPSA) is 86.5 Å². The zero-order valence-electron chi connectivity index (χ0n) is 17.3. The van der Waals surface area contributed by atoms with Crippen LogP contribution < -0.4 is 14.8 Å². The first-order valence-corrected chi connectivity index (χ1v) is 9.28. The van der Waals surface area contributed by atoms with Gasteiger partial charge in [0.15, 0.2) is 12.3 Å². The maximum Gasteiger partial charge on any atom is 0.263 e. The van der Waals surface area contributed by atoms with Gasteiger partial charge in [-0.1, -0.05) is 32.9 Å². The number of hydrogen-bond donors (Lipinski definition) is 1. The van der Waals surface area contributed by atoms with E-state index < -0.39 is 0 Å². The third-order valence-corrected chi connectivity index (χ3v) is 4.53. The fraction of sp³-hybridized carbons (Fsp3) is 0.318. The van der Waals surface area contributed by atoms with Crippen LogP contribution in [0, 0.1) is 6.92 Å². The molecule has 0 saturated heterocycles. The average Bonchev–Trinajstić information content (AvgIpc) is 3.13. The Morgan fingerprint density at radius 3 is 2.38 bits per heavy atom. The van der Waals surface area contributed by atoms with E-state index >= 15 is 0 Å². The van der Waals surface area contributed by atoms with Crippen molar-refractivity contribution in [2.45, 2.75) is 33.1 Å². The van der Waals surface area contributed by atoms with E-state index in [1.807, 2.05) is 49.4 Å². The number of aryl methyl sites for hydroxylation is 1. The number of amides is 1. The fourth-order valence-corrected chi connectivity index (χ4v) is 2.84. The molecule has 0 atom stereocenters. The van der Waals surface area contributed by atoms with Crippen LogP contribution in [-0.2, 0) is 10.2 Å². The molecular weight excluding hydrogens is 370 g/mol. The fourth-order valence-electron chi connectivity index (χ4n) is 2.84. The Morgan fingerprint density at radius 1 is 1.07 bits per heavy atom. The lowest BCUT2D eigenvalue weighted by molar-refractivity contribution is -0.118. The van der Waals surface area contributed by atoms with Gasteiger partial charge in [0.1, 0.15) is 11.5 Å². The predicted molar refractivity (Wildman–Crippen MR) is 110 cm³/mol. The van der Waals surface area contributed by atoms with E-state index in [1.165, 1.54) is 5.56 Å². The second-order valence-electron chi connectivity index (χ2n) is 7.75. The summed E-state index contributed by atoms with van der Waals surface area (Å²) in [5.41, 5.74) is 3.42. The number of nitrogens with zero attached hydrogens (tertiary/aromatic N) is 2. The third kappa shape index (κ3) is 4.93. The number of carbonyl (C=O) groups excluding carboxylic acids is 1. The molecule has 0 aliphatic carbocycles. The molecule has 152 valence electrons. The van der Waals surface area contributed by atoms with E-state index in [9.17, 15) is 4.79 Å². The van der Waals surface area contributed by atoms with Gasteiger partial charge in [0, 0.05) is 5.56 Å². The number of aromatic nitrogens is 2. The van der Waals surface area contributed by atoms with Gasteiger partial charge in [-0.2, -0.15) is 0 Å². The van der Waals surface area contributed by atoms with Crippen molar-refractivity contribution in [2.75, 3.05) is 19.0 Å². The summed E-state index contributed by atoms with van der Waals surface area (Å²) < 4.78 is 15.6. The van der Waals surface area contributed by atoms with E-state index in [0.29, 0.717) is 11.4 Å². The first-order chi connectivity index (χ1) is 13.8. The molecule has 29 heavy (non-hydrogen) atoms. The second-order valence-corrected chi connectivity index (χ2v) is 7.75. The van der Waals surface area contributed by atoms with Gasteiger partial charge in [-0.15, -0.1) is 0 Å². The number of nitrogens with one attached hydrogen (secondary N) is 1. The maximum atomic E-state index is 12.3. The Hall–Kier alpha value is -3.35. The van der Waals surface area contributed by atoms with Crippen LogP contribution in [-0.4, -0.2) is 29.9 Å². The first kappa shape index (κ1) is 20.4. The van der Waals surface area contributed by atoms with Gasteiger partial charge >= 0.3 is 0 Å². The molecule has 0 bridgehead atoms. The van der Waals surface area contributed by atoms with E-state index in [-0.39, 0.29) is 23.7 Å². The molecular formula is C22H25N3O4. The number of carbonyl (C=O) groups is 1. The van der Waals surface area contributed by atoms with Crippen molar-refractivity contribution in [1.29, 1.82) is 0 Å². The summed E-state index contributed by atoms with van der Waals surface area (Å²) >= 11 is 0. The van der Waals surface area contributed by atoms with Crippen LogP contribution in [0.2, 0.25) is 0 Å². The Morgan fingerprint density at radius 2 is 1.76 bits per heavy atom. The summed E-state index contributed by atoms with van der Waals surface area (Å²) in [6.07, 6.45) is 0. The molecule has 0 aliphatic rings. The maximum absolute atomic E-state index is 12.3. The smallest absolute Gasteiger partial charge is 0.263 e. The molecule has 1 N–H and O–H groups in total. The quantitative estimate of drug-likeness (QED) is 0.667. The Labute approximate surface area is 170 Å². The highest BCUT2D eigenvalue weighted by Crippen LogP contribution is 2.30. The molecule has 3 aromatic rings. The summed E-state index contributed by atoms with van der Waals surface area (Å²) in [6.45, 7) is 8.20. The van der Waals surface area contributed by atoms with Crippen molar-refractivity contribution in [3.63, 3.8) is 0 Å². The molecule has 0 spiro atoms. The average molecular weight is 395 g/mol. The van der Waals surface area contributed by atoms with Gasteiger partial charge in [0.2, 0.25) is 5.82 Å². The lowest BCUT2D eigenvalue weighted by Gasteiger charge is -2.19. The molecule has 0 aliphatic heterocycles. The molecule has 1 aromatic heterocycles. The van der Waals surface area contributed by atoms with E-state index in [0.717, 1.165) is 16.9 Å². The van der Waals surface area contributed by atoms with Crippen LogP contribution in [0.5, 0.6) is 11.5 Å². The number of hydrogen-bond acceptors (Lipinski definition) is 6. The highest BCUT2D eigenvalue weighted by Gasteiger charge is 2.18. The van der Waals surface area contributed by atoms with Crippen molar-refractivity contribution in [3.8, 4) is 22.8 Å². The van der Waals surface area contributed by atoms with E-state index in [2.05, 4.69) is 36.4 Å². The lowest BCUT2D eigenvalue weighted by atomic mass is 9.87. The third-order valence-electron chi connectivity index (χ3n) is 4.53. The second kappa shape index (κ2) is 8.34. The number of benzene rings is 2. The largest absolute Gasteiger partial charge is 0.497 e. The van der Waals surface area contributed by atoms with Gasteiger partial charge < -0.3 is 14.8 Å². The normalized spacial score (nSPS) is 11.2. The predicted octanol–water partition coefficient (Wildman–Crippen LogP) is 4.37. The molecule has 7 heteroatoms. The highest BCUT2D eigenvalue weighted by atomic mass is 16.6. The van der Waals surface area contributed by atoms with Crippen molar-refractivity contribution in [3.05, 3.63) is 53.6 Å². The molecule has 7 nitrogen and oxygen atoms in total. The van der Waals surface area contributed by atoms with Crippen LogP contribution >= 0.6 is 0 Å². The number of anilines is 1. The molecule has 3 rings (SSSR count).